The summed E-state index contributed by atoms with van der Waals surface area (Å²) >= 11 is 0. The lowest BCUT2D eigenvalue weighted by molar-refractivity contribution is 0.000437. The minimum atomic E-state index is -3.23. The predicted molar refractivity (Wildman–Crippen MR) is 88.7 cm³/mol. The Balaban J connectivity index is 1.57. The molecule has 24 heavy (non-hydrogen) atoms. The van der Waals surface area contributed by atoms with Gasteiger partial charge in [0.25, 0.3) is 5.91 Å². The second kappa shape index (κ2) is 7.08. The van der Waals surface area contributed by atoms with Gasteiger partial charge in [-0.3, -0.25) is 4.79 Å². The van der Waals surface area contributed by atoms with E-state index in [0.29, 0.717) is 25.3 Å². The van der Waals surface area contributed by atoms with Gasteiger partial charge in [0, 0.05) is 25.2 Å². The number of aryl methyl sites for hydroxylation is 1. The summed E-state index contributed by atoms with van der Waals surface area (Å²) < 4.78 is 35.7. The van der Waals surface area contributed by atoms with Crippen LogP contribution in [0.2, 0.25) is 0 Å². The number of morpholine rings is 1. The van der Waals surface area contributed by atoms with Crippen molar-refractivity contribution in [1.29, 1.82) is 0 Å². The number of carbonyl (C=O) groups is 1. The molecule has 0 unspecified atom stereocenters. The van der Waals surface area contributed by atoms with Crippen molar-refractivity contribution in [2.45, 2.75) is 18.9 Å². The minimum absolute atomic E-state index is 0.191. The van der Waals surface area contributed by atoms with Crippen molar-refractivity contribution >= 4 is 15.9 Å². The number of benzene rings is 1. The quantitative estimate of drug-likeness (QED) is 0.846. The molecule has 132 valence electrons. The van der Waals surface area contributed by atoms with E-state index in [1.807, 2.05) is 12.1 Å². The molecule has 0 aromatic heterocycles. The zero-order valence-electron chi connectivity index (χ0n) is 13.7. The monoisotopic (exact) mass is 354 g/mol. The summed E-state index contributed by atoms with van der Waals surface area (Å²) in [7, 11) is -3.23. The molecule has 1 saturated heterocycles. The number of fused-ring (bicyclic) bond motifs is 1. The number of rotatable bonds is 4. The first kappa shape index (κ1) is 17.2. The second-order valence-electron chi connectivity index (χ2n) is 6.10. The maximum Gasteiger partial charge on any atom is 0.251 e. The van der Waals surface area contributed by atoms with Crippen LogP contribution in [-0.4, -0.2) is 63.8 Å². The number of sulfonamides is 1. The molecule has 3 rings (SSSR count). The molecule has 7 nitrogen and oxygen atoms in total. The third-order valence-electron chi connectivity index (χ3n) is 4.23. The van der Waals surface area contributed by atoms with Gasteiger partial charge in [0.2, 0.25) is 10.0 Å². The van der Waals surface area contributed by atoms with Crippen molar-refractivity contribution in [3.8, 4) is 5.75 Å². The number of nitrogens with zero attached hydrogens (tertiary/aromatic N) is 1. The van der Waals surface area contributed by atoms with E-state index in [0.717, 1.165) is 24.2 Å². The molecular weight excluding hydrogens is 332 g/mol. The standard InChI is InChI=1S/C16H22N2O5S/c1-24(20,21)18-6-8-22-14(11-18)10-17-16(19)13-4-5-15-12(9-13)3-2-7-23-15/h4-5,9,14H,2-3,6-8,10-11H2,1H3,(H,17,19)/t14-/m0/s1. The highest BCUT2D eigenvalue weighted by Gasteiger charge is 2.26. The molecule has 0 radical (unpaired) electrons. The van der Waals surface area contributed by atoms with Gasteiger partial charge in [0.15, 0.2) is 0 Å². The number of amides is 1. The van der Waals surface area contributed by atoms with Gasteiger partial charge in [-0.1, -0.05) is 0 Å². The zero-order valence-corrected chi connectivity index (χ0v) is 14.5. The number of carbonyl (C=O) groups excluding carboxylic acids is 1. The first-order valence-electron chi connectivity index (χ1n) is 8.04. The summed E-state index contributed by atoms with van der Waals surface area (Å²) in [4.78, 5) is 12.3. The van der Waals surface area contributed by atoms with Crippen LogP contribution in [0.15, 0.2) is 18.2 Å². The average Bonchev–Trinajstić information content (AvgIpc) is 2.59. The van der Waals surface area contributed by atoms with Gasteiger partial charge >= 0.3 is 0 Å². The molecule has 1 atom stereocenters. The molecule has 2 heterocycles. The Kier molecular flexibility index (Phi) is 5.07. The van der Waals surface area contributed by atoms with Crippen molar-refractivity contribution in [3.05, 3.63) is 29.3 Å². The molecule has 0 aliphatic carbocycles. The lowest BCUT2D eigenvalue weighted by atomic mass is 10.0. The van der Waals surface area contributed by atoms with Crippen LogP contribution in [-0.2, 0) is 21.2 Å². The predicted octanol–water partition coefficient (Wildman–Crippen LogP) is 0.402. The van der Waals surface area contributed by atoms with E-state index in [9.17, 15) is 13.2 Å². The van der Waals surface area contributed by atoms with E-state index in [-0.39, 0.29) is 25.1 Å². The third-order valence-corrected chi connectivity index (χ3v) is 5.50. The van der Waals surface area contributed by atoms with E-state index < -0.39 is 10.0 Å². The number of hydrogen-bond acceptors (Lipinski definition) is 5. The molecule has 8 heteroatoms. The van der Waals surface area contributed by atoms with Crippen LogP contribution >= 0.6 is 0 Å². The van der Waals surface area contributed by atoms with Crippen molar-refractivity contribution < 1.29 is 22.7 Å². The Morgan fingerprint density at radius 1 is 1.38 bits per heavy atom. The molecule has 1 aromatic carbocycles. The third kappa shape index (κ3) is 4.06. The SMILES string of the molecule is CS(=O)(=O)N1CCO[C@@H](CNC(=O)c2ccc3c(c2)CCCO3)C1. The molecule has 2 aliphatic heterocycles. The summed E-state index contributed by atoms with van der Waals surface area (Å²) in [6.45, 7) is 1.95. The minimum Gasteiger partial charge on any atom is -0.493 e. The van der Waals surface area contributed by atoms with E-state index in [4.69, 9.17) is 9.47 Å². The number of ether oxygens (including phenoxy) is 2. The number of hydrogen-bond donors (Lipinski definition) is 1. The Bertz CT molecular complexity index is 719. The summed E-state index contributed by atoms with van der Waals surface area (Å²) in [5.74, 6) is 0.653. The van der Waals surface area contributed by atoms with E-state index in [1.165, 1.54) is 10.6 Å². The summed E-state index contributed by atoms with van der Waals surface area (Å²) in [5.41, 5.74) is 1.63. The van der Waals surface area contributed by atoms with Gasteiger partial charge in [-0.2, -0.15) is 4.31 Å². The Morgan fingerprint density at radius 2 is 2.21 bits per heavy atom. The Morgan fingerprint density at radius 3 is 3.00 bits per heavy atom. The van der Waals surface area contributed by atoms with Gasteiger partial charge in [-0.25, -0.2) is 8.42 Å². The topological polar surface area (TPSA) is 84.9 Å². The fraction of sp³-hybridized carbons (Fsp3) is 0.562. The number of nitrogens with one attached hydrogen (secondary N) is 1. The molecule has 0 bridgehead atoms. The van der Waals surface area contributed by atoms with Crippen LogP contribution in [0, 0.1) is 0 Å². The van der Waals surface area contributed by atoms with Crippen LogP contribution < -0.4 is 10.1 Å². The fourth-order valence-corrected chi connectivity index (χ4v) is 3.77. The summed E-state index contributed by atoms with van der Waals surface area (Å²) in [6, 6.07) is 5.42. The molecule has 1 fully saturated rings. The Hall–Kier alpha value is -1.64. The van der Waals surface area contributed by atoms with Gasteiger partial charge in [0.1, 0.15) is 5.75 Å². The van der Waals surface area contributed by atoms with Crippen LogP contribution in [0.3, 0.4) is 0 Å². The van der Waals surface area contributed by atoms with Crippen molar-refractivity contribution in [2.24, 2.45) is 0 Å². The van der Waals surface area contributed by atoms with Gasteiger partial charge < -0.3 is 14.8 Å². The van der Waals surface area contributed by atoms with Gasteiger partial charge in [0.05, 0.1) is 25.6 Å². The molecular formula is C16H22N2O5S. The second-order valence-corrected chi connectivity index (χ2v) is 8.08. The van der Waals surface area contributed by atoms with Crippen LogP contribution in [0.25, 0.3) is 0 Å². The summed E-state index contributed by atoms with van der Waals surface area (Å²) in [5, 5.41) is 2.82. The van der Waals surface area contributed by atoms with E-state index >= 15 is 0 Å². The molecule has 1 N–H and O–H groups in total. The maximum atomic E-state index is 12.3. The molecule has 1 aromatic rings. The largest absolute Gasteiger partial charge is 0.493 e. The van der Waals surface area contributed by atoms with Crippen LogP contribution in [0.1, 0.15) is 22.3 Å². The van der Waals surface area contributed by atoms with Crippen molar-refractivity contribution in [3.63, 3.8) is 0 Å². The first-order chi connectivity index (χ1) is 11.4. The highest BCUT2D eigenvalue weighted by molar-refractivity contribution is 7.88. The maximum absolute atomic E-state index is 12.3. The molecule has 0 spiro atoms. The zero-order chi connectivity index (χ0) is 17.2. The first-order valence-corrected chi connectivity index (χ1v) is 9.89. The summed E-state index contributed by atoms with van der Waals surface area (Å²) in [6.07, 6.45) is 2.71. The lowest BCUT2D eigenvalue weighted by Gasteiger charge is -2.31. The molecule has 2 aliphatic rings. The van der Waals surface area contributed by atoms with Crippen molar-refractivity contribution in [2.75, 3.05) is 39.1 Å². The fourth-order valence-electron chi connectivity index (χ4n) is 2.93. The van der Waals surface area contributed by atoms with E-state index in [2.05, 4.69) is 5.32 Å². The van der Waals surface area contributed by atoms with Crippen LogP contribution in [0.4, 0.5) is 0 Å². The normalized spacial score (nSPS) is 21.6. The Labute approximate surface area is 142 Å². The van der Waals surface area contributed by atoms with Gasteiger partial charge in [-0.15, -0.1) is 0 Å². The van der Waals surface area contributed by atoms with Crippen LogP contribution in [0.5, 0.6) is 5.75 Å². The molecule has 1 amide bonds. The van der Waals surface area contributed by atoms with E-state index in [1.54, 1.807) is 6.07 Å². The average molecular weight is 354 g/mol. The van der Waals surface area contributed by atoms with Crippen molar-refractivity contribution in [1.82, 2.24) is 9.62 Å². The smallest absolute Gasteiger partial charge is 0.251 e. The lowest BCUT2D eigenvalue weighted by Crippen LogP contribution is -2.49. The molecule has 0 saturated carbocycles. The highest BCUT2D eigenvalue weighted by Crippen LogP contribution is 2.25. The highest BCUT2D eigenvalue weighted by atomic mass is 32.2. The van der Waals surface area contributed by atoms with Gasteiger partial charge in [-0.05, 0) is 36.6 Å².